The van der Waals surface area contributed by atoms with Crippen LogP contribution in [-0.2, 0) is 19.6 Å². The van der Waals surface area contributed by atoms with Crippen LogP contribution in [0.2, 0.25) is 0 Å². The lowest BCUT2D eigenvalue weighted by atomic mass is 9.95. The topological polar surface area (TPSA) is 139 Å². The molecule has 0 aliphatic carbocycles. The van der Waals surface area contributed by atoms with Crippen LogP contribution in [0.4, 0.5) is 5.69 Å². The summed E-state index contributed by atoms with van der Waals surface area (Å²) in [5, 5.41) is 0. The van der Waals surface area contributed by atoms with Crippen molar-refractivity contribution in [3.63, 3.8) is 0 Å². The van der Waals surface area contributed by atoms with Gasteiger partial charge in [-0.2, -0.15) is 4.31 Å². The highest BCUT2D eigenvalue weighted by Gasteiger charge is 2.54. The van der Waals surface area contributed by atoms with Gasteiger partial charge in [0.05, 0.1) is 13.2 Å². The van der Waals surface area contributed by atoms with Gasteiger partial charge in [0.25, 0.3) is 0 Å². The predicted molar refractivity (Wildman–Crippen MR) is 126 cm³/mol. The molecule has 2 heterocycles. The van der Waals surface area contributed by atoms with Gasteiger partial charge >= 0.3 is 0 Å². The van der Waals surface area contributed by atoms with Crippen molar-refractivity contribution in [2.24, 2.45) is 11.5 Å². The second-order valence-electron chi connectivity index (χ2n) is 8.53. The molecule has 2 aliphatic heterocycles. The number of benzene rings is 1. The number of hydrogen-bond acceptors (Lipinski definition) is 7. The van der Waals surface area contributed by atoms with Crippen molar-refractivity contribution in [2.45, 2.75) is 37.4 Å². The van der Waals surface area contributed by atoms with Crippen LogP contribution in [0.25, 0.3) is 0 Å². The molecule has 0 radical (unpaired) electrons. The molecule has 0 bridgehead atoms. The van der Waals surface area contributed by atoms with E-state index < -0.39 is 20.7 Å². The van der Waals surface area contributed by atoms with Gasteiger partial charge in [-0.1, -0.05) is 13.3 Å². The van der Waals surface area contributed by atoms with E-state index in [1.54, 1.807) is 0 Å². The Morgan fingerprint density at radius 1 is 1.03 bits per heavy atom. The Kier molecular flexibility index (Phi) is 8.19. The van der Waals surface area contributed by atoms with Gasteiger partial charge in [0.1, 0.15) is 5.75 Å². The van der Waals surface area contributed by atoms with Gasteiger partial charge in [0.2, 0.25) is 21.8 Å². The summed E-state index contributed by atoms with van der Waals surface area (Å²) < 4.78 is 32.4. The zero-order valence-electron chi connectivity index (χ0n) is 19.2. The molecule has 33 heavy (non-hydrogen) atoms. The lowest BCUT2D eigenvalue weighted by Gasteiger charge is -2.43. The Morgan fingerprint density at radius 2 is 1.64 bits per heavy atom. The van der Waals surface area contributed by atoms with Crippen molar-refractivity contribution in [3.05, 3.63) is 24.3 Å². The molecule has 2 aliphatic rings. The second-order valence-corrected chi connectivity index (χ2v) is 10.8. The van der Waals surface area contributed by atoms with Gasteiger partial charge < -0.3 is 26.0 Å². The molecule has 0 aromatic heterocycles. The third kappa shape index (κ3) is 5.25. The maximum Gasteiger partial charge on any atom is 0.240 e. The fourth-order valence-electron chi connectivity index (χ4n) is 4.40. The Labute approximate surface area is 195 Å². The number of anilines is 1. The molecule has 1 aromatic rings. The number of ether oxygens (including phenoxy) is 1. The molecule has 184 valence electrons. The van der Waals surface area contributed by atoms with Crippen molar-refractivity contribution >= 4 is 27.5 Å². The summed E-state index contributed by atoms with van der Waals surface area (Å²) in [5.74, 6) is -0.305. The summed E-state index contributed by atoms with van der Waals surface area (Å²) in [6, 6.07) is 7.79. The largest absolute Gasteiger partial charge is 0.494 e. The standard InChI is InChI=1S/C22H35N5O5S/c1-2-3-16-32-19-6-4-18(5-7-19)25-12-14-27(15-13-25)33(30,31)22(21(24)29)8-10-26(11-9-22)20(28)17-23/h4-7H,2-3,8-17,23H2,1H3,(H2,24,29). The fourth-order valence-corrected chi connectivity index (χ4v) is 6.49. The maximum atomic E-state index is 13.5. The molecule has 2 amide bonds. The van der Waals surface area contributed by atoms with E-state index >= 15 is 0 Å². The van der Waals surface area contributed by atoms with Crippen molar-refractivity contribution in [2.75, 3.05) is 57.3 Å². The normalized spacial score (nSPS) is 19.3. The van der Waals surface area contributed by atoms with Crippen LogP contribution >= 0.6 is 0 Å². The number of primary amides is 1. The molecule has 0 spiro atoms. The second kappa shape index (κ2) is 10.7. The fraction of sp³-hybridized carbons (Fsp3) is 0.636. The molecule has 0 saturated carbocycles. The van der Waals surface area contributed by atoms with E-state index in [2.05, 4.69) is 11.8 Å². The molecule has 0 unspecified atom stereocenters. The molecule has 4 N–H and O–H groups in total. The smallest absolute Gasteiger partial charge is 0.240 e. The van der Waals surface area contributed by atoms with Crippen LogP contribution in [-0.4, -0.2) is 86.6 Å². The molecule has 11 heteroatoms. The number of carbonyl (C=O) groups excluding carboxylic acids is 2. The average molecular weight is 482 g/mol. The Balaban J connectivity index is 1.64. The van der Waals surface area contributed by atoms with Gasteiger partial charge in [0.15, 0.2) is 4.75 Å². The van der Waals surface area contributed by atoms with Crippen LogP contribution in [0.1, 0.15) is 32.6 Å². The number of nitrogens with two attached hydrogens (primary N) is 2. The number of sulfonamides is 1. The van der Waals surface area contributed by atoms with Crippen molar-refractivity contribution in [1.82, 2.24) is 9.21 Å². The molecule has 1 aromatic carbocycles. The Hall–Kier alpha value is -2.37. The number of amides is 2. The minimum absolute atomic E-state index is 0.0177. The number of piperazine rings is 1. The first-order valence-electron chi connectivity index (χ1n) is 11.5. The van der Waals surface area contributed by atoms with Crippen LogP contribution in [0, 0.1) is 0 Å². The van der Waals surface area contributed by atoms with Gasteiger partial charge in [-0.3, -0.25) is 9.59 Å². The van der Waals surface area contributed by atoms with E-state index in [0.29, 0.717) is 19.7 Å². The quantitative estimate of drug-likeness (QED) is 0.478. The lowest BCUT2D eigenvalue weighted by molar-refractivity contribution is -0.133. The minimum Gasteiger partial charge on any atom is -0.494 e. The lowest BCUT2D eigenvalue weighted by Crippen LogP contribution is -2.63. The van der Waals surface area contributed by atoms with Gasteiger partial charge in [-0.05, 0) is 43.5 Å². The molecule has 0 atom stereocenters. The Morgan fingerprint density at radius 3 is 2.15 bits per heavy atom. The third-order valence-electron chi connectivity index (χ3n) is 6.59. The number of likely N-dealkylation sites (tertiary alicyclic amines) is 1. The van der Waals surface area contributed by atoms with E-state index in [1.807, 2.05) is 24.3 Å². The summed E-state index contributed by atoms with van der Waals surface area (Å²) in [7, 11) is -3.98. The average Bonchev–Trinajstić information content (AvgIpc) is 2.84. The van der Waals surface area contributed by atoms with Gasteiger partial charge in [0, 0.05) is 45.0 Å². The van der Waals surface area contributed by atoms with Crippen LogP contribution in [0.3, 0.4) is 0 Å². The molecular weight excluding hydrogens is 446 g/mol. The van der Waals surface area contributed by atoms with E-state index in [1.165, 1.54) is 9.21 Å². The molecule has 2 fully saturated rings. The summed E-state index contributed by atoms with van der Waals surface area (Å²) in [4.78, 5) is 27.9. The number of rotatable bonds is 9. The van der Waals surface area contributed by atoms with Gasteiger partial charge in [-0.25, -0.2) is 8.42 Å². The molecule has 10 nitrogen and oxygen atoms in total. The summed E-state index contributed by atoms with van der Waals surface area (Å²) in [6.07, 6.45) is 2.05. The van der Waals surface area contributed by atoms with Crippen LogP contribution < -0.4 is 21.1 Å². The first-order valence-corrected chi connectivity index (χ1v) is 12.9. The SMILES string of the molecule is CCCCOc1ccc(N2CCN(S(=O)(=O)C3(C(N)=O)CCN(C(=O)CN)CC3)CC2)cc1. The predicted octanol–water partition coefficient (Wildman–Crippen LogP) is 0.123. The number of hydrogen-bond donors (Lipinski definition) is 2. The maximum absolute atomic E-state index is 13.5. The highest BCUT2D eigenvalue weighted by Crippen LogP contribution is 2.34. The highest BCUT2D eigenvalue weighted by molar-refractivity contribution is 7.91. The summed E-state index contributed by atoms with van der Waals surface area (Å²) in [6.45, 7) is 4.47. The van der Waals surface area contributed by atoms with Gasteiger partial charge in [-0.15, -0.1) is 0 Å². The molecular formula is C22H35N5O5S. The first kappa shape index (κ1) is 25.3. The minimum atomic E-state index is -3.98. The number of piperidine rings is 1. The zero-order valence-corrected chi connectivity index (χ0v) is 20.1. The molecule has 2 saturated heterocycles. The van der Waals surface area contributed by atoms with E-state index in [-0.39, 0.29) is 51.5 Å². The van der Waals surface area contributed by atoms with Crippen LogP contribution in [0.5, 0.6) is 5.75 Å². The third-order valence-corrected chi connectivity index (χ3v) is 9.23. The zero-order chi connectivity index (χ0) is 24.1. The highest BCUT2D eigenvalue weighted by atomic mass is 32.2. The molecule has 3 rings (SSSR count). The van der Waals surface area contributed by atoms with E-state index in [0.717, 1.165) is 24.3 Å². The monoisotopic (exact) mass is 481 g/mol. The first-order chi connectivity index (χ1) is 15.7. The summed E-state index contributed by atoms with van der Waals surface area (Å²) >= 11 is 0. The van der Waals surface area contributed by atoms with Crippen molar-refractivity contribution in [3.8, 4) is 5.75 Å². The number of carbonyl (C=O) groups is 2. The van der Waals surface area contributed by atoms with E-state index in [4.69, 9.17) is 16.2 Å². The van der Waals surface area contributed by atoms with E-state index in [9.17, 15) is 18.0 Å². The van der Waals surface area contributed by atoms with Crippen molar-refractivity contribution in [1.29, 1.82) is 0 Å². The Bertz CT molecular complexity index is 921. The number of unbranched alkanes of at least 4 members (excludes halogenated alkanes) is 1. The van der Waals surface area contributed by atoms with Crippen LogP contribution in [0.15, 0.2) is 24.3 Å². The summed E-state index contributed by atoms with van der Waals surface area (Å²) in [5.41, 5.74) is 12.0. The number of nitrogens with zero attached hydrogens (tertiary/aromatic N) is 3. The van der Waals surface area contributed by atoms with Crippen molar-refractivity contribution < 1.29 is 22.7 Å².